The summed E-state index contributed by atoms with van der Waals surface area (Å²) < 4.78 is 15.0. The van der Waals surface area contributed by atoms with Crippen LogP contribution in [0.25, 0.3) is 0 Å². The largest absolute Gasteiger partial charge is 0.481 e. The summed E-state index contributed by atoms with van der Waals surface area (Å²) in [5.41, 5.74) is -0.770. The maximum Gasteiger partial charge on any atom is 0.312 e. The summed E-state index contributed by atoms with van der Waals surface area (Å²) in [6.45, 7) is 0. The molecule has 1 atom stereocenters. The lowest BCUT2D eigenvalue weighted by Crippen LogP contribution is -2.41. The van der Waals surface area contributed by atoms with Crippen LogP contribution in [0.3, 0.4) is 0 Å². The van der Waals surface area contributed by atoms with Gasteiger partial charge < -0.3 is 5.11 Å². The summed E-state index contributed by atoms with van der Waals surface area (Å²) in [4.78, 5) is 11.2. The van der Waals surface area contributed by atoms with E-state index in [9.17, 15) is 9.18 Å². The fourth-order valence-corrected chi connectivity index (χ4v) is 2.60. The lowest BCUT2D eigenvalue weighted by molar-refractivity contribution is -0.161. The second kappa shape index (κ2) is 4.17. The predicted molar refractivity (Wildman–Crippen MR) is 61.9 cm³/mol. The molecule has 0 saturated heterocycles. The standard InChI is InChI=1S/C12H12BrFO2/c13-9-5-2-1-4-8(9)10(14)12(11(15)16)6-3-7-12/h1-2,4-5,10H,3,6-7H2,(H,15,16). The number of carboxylic acids is 1. The summed E-state index contributed by atoms with van der Waals surface area (Å²) in [5, 5.41) is 9.15. The number of carboxylic acid groups (broad SMARTS) is 1. The van der Waals surface area contributed by atoms with E-state index in [1.807, 2.05) is 0 Å². The SMILES string of the molecule is O=C(O)C1(C(F)c2ccccc2Br)CCC1. The van der Waals surface area contributed by atoms with E-state index in [1.165, 1.54) is 0 Å². The molecule has 0 amide bonds. The molecule has 2 nitrogen and oxygen atoms in total. The van der Waals surface area contributed by atoms with Crippen LogP contribution in [0, 0.1) is 5.41 Å². The minimum atomic E-state index is -1.44. The predicted octanol–water partition coefficient (Wildman–Crippen LogP) is 3.71. The molecule has 0 radical (unpaired) electrons. The number of aliphatic carboxylic acids is 1. The molecule has 1 unspecified atom stereocenters. The molecule has 2 rings (SSSR count). The topological polar surface area (TPSA) is 37.3 Å². The van der Waals surface area contributed by atoms with Crippen LogP contribution in [0.4, 0.5) is 4.39 Å². The molecule has 1 aliphatic carbocycles. The first-order valence-corrected chi connectivity index (χ1v) is 5.99. The van der Waals surface area contributed by atoms with E-state index in [0.717, 1.165) is 6.42 Å². The Hall–Kier alpha value is -0.900. The van der Waals surface area contributed by atoms with Gasteiger partial charge in [0.25, 0.3) is 0 Å². The quantitative estimate of drug-likeness (QED) is 0.920. The summed E-state index contributed by atoms with van der Waals surface area (Å²) in [7, 11) is 0. The maximum atomic E-state index is 14.3. The number of benzene rings is 1. The third kappa shape index (κ3) is 1.65. The number of carbonyl (C=O) groups is 1. The van der Waals surface area contributed by atoms with Crippen molar-refractivity contribution in [3.63, 3.8) is 0 Å². The van der Waals surface area contributed by atoms with Crippen LogP contribution in [-0.4, -0.2) is 11.1 Å². The Balaban J connectivity index is 2.35. The van der Waals surface area contributed by atoms with Crippen LogP contribution in [0.2, 0.25) is 0 Å². The Kier molecular flexibility index (Phi) is 3.02. The Morgan fingerprint density at radius 1 is 1.44 bits per heavy atom. The Morgan fingerprint density at radius 2 is 2.06 bits per heavy atom. The van der Waals surface area contributed by atoms with Gasteiger partial charge in [-0.3, -0.25) is 4.79 Å². The fourth-order valence-electron chi connectivity index (χ4n) is 2.11. The Labute approximate surface area is 102 Å². The molecule has 0 aliphatic heterocycles. The lowest BCUT2D eigenvalue weighted by atomic mass is 9.64. The number of hydrogen-bond acceptors (Lipinski definition) is 1. The maximum absolute atomic E-state index is 14.3. The van der Waals surface area contributed by atoms with E-state index in [-0.39, 0.29) is 0 Å². The van der Waals surface area contributed by atoms with Crippen molar-refractivity contribution in [2.24, 2.45) is 5.41 Å². The van der Waals surface area contributed by atoms with E-state index in [4.69, 9.17) is 5.11 Å². The molecular formula is C12H12BrFO2. The number of hydrogen-bond donors (Lipinski definition) is 1. The zero-order chi connectivity index (χ0) is 11.8. The summed E-state index contributed by atoms with van der Waals surface area (Å²) >= 11 is 3.26. The highest BCUT2D eigenvalue weighted by Crippen LogP contribution is 2.53. The molecule has 86 valence electrons. The van der Waals surface area contributed by atoms with Crippen molar-refractivity contribution in [3.05, 3.63) is 34.3 Å². The van der Waals surface area contributed by atoms with Crippen molar-refractivity contribution in [1.29, 1.82) is 0 Å². The van der Waals surface area contributed by atoms with E-state index in [1.54, 1.807) is 24.3 Å². The van der Waals surface area contributed by atoms with Crippen molar-refractivity contribution in [2.45, 2.75) is 25.4 Å². The third-order valence-corrected chi connectivity index (χ3v) is 4.06. The summed E-state index contributed by atoms with van der Waals surface area (Å²) in [5.74, 6) is -1.03. The normalized spacial score (nSPS) is 19.9. The van der Waals surface area contributed by atoms with Gasteiger partial charge in [0.2, 0.25) is 0 Å². The van der Waals surface area contributed by atoms with Gasteiger partial charge in [-0.15, -0.1) is 0 Å². The molecule has 0 bridgehead atoms. The third-order valence-electron chi connectivity index (χ3n) is 3.34. The van der Waals surface area contributed by atoms with Crippen molar-refractivity contribution in [2.75, 3.05) is 0 Å². The first kappa shape index (κ1) is 11.6. The van der Waals surface area contributed by atoms with Crippen LogP contribution in [0.1, 0.15) is 31.0 Å². The molecule has 1 saturated carbocycles. The van der Waals surface area contributed by atoms with Gasteiger partial charge in [0.05, 0.1) is 0 Å². The molecule has 1 N–H and O–H groups in total. The minimum Gasteiger partial charge on any atom is -0.481 e. The van der Waals surface area contributed by atoms with Crippen molar-refractivity contribution in [1.82, 2.24) is 0 Å². The Morgan fingerprint density at radius 3 is 2.50 bits per heavy atom. The van der Waals surface area contributed by atoms with Crippen molar-refractivity contribution in [3.8, 4) is 0 Å². The van der Waals surface area contributed by atoms with Crippen LogP contribution in [0.15, 0.2) is 28.7 Å². The molecule has 1 aromatic carbocycles. The van der Waals surface area contributed by atoms with Gasteiger partial charge in [-0.2, -0.15) is 0 Å². The van der Waals surface area contributed by atoms with Gasteiger partial charge in [-0.25, -0.2) is 4.39 Å². The van der Waals surface area contributed by atoms with Crippen molar-refractivity contribution >= 4 is 21.9 Å². The van der Waals surface area contributed by atoms with E-state index in [2.05, 4.69) is 15.9 Å². The smallest absolute Gasteiger partial charge is 0.312 e. The molecule has 1 aromatic rings. The first-order chi connectivity index (χ1) is 7.58. The zero-order valence-electron chi connectivity index (χ0n) is 8.62. The molecule has 4 heteroatoms. The minimum absolute atomic E-state index is 0.421. The van der Waals surface area contributed by atoms with Crippen LogP contribution in [0.5, 0.6) is 0 Å². The van der Waals surface area contributed by atoms with E-state index < -0.39 is 17.6 Å². The Bertz CT molecular complexity index is 415. The molecular weight excluding hydrogens is 275 g/mol. The molecule has 16 heavy (non-hydrogen) atoms. The number of halogens is 2. The number of alkyl halides is 1. The first-order valence-electron chi connectivity index (χ1n) is 5.20. The van der Waals surface area contributed by atoms with Gasteiger partial charge in [-0.05, 0) is 18.9 Å². The number of rotatable bonds is 3. The van der Waals surface area contributed by atoms with E-state index in [0.29, 0.717) is 22.9 Å². The van der Waals surface area contributed by atoms with Gasteiger partial charge in [-0.1, -0.05) is 40.5 Å². The highest BCUT2D eigenvalue weighted by molar-refractivity contribution is 9.10. The molecule has 0 spiro atoms. The van der Waals surface area contributed by atoms with Crippen LogP contribution in [-0.2, 0) is 4.79 Å². The lowest BCUT2D eigenvalue weighted by Gasteiger charge is -2.40. The highest BCUT2D eigenvalue weighted by Gasteiger charge is 2.52. The monoisotopic (exact) mass is 286 g/mol. The molecule has 1 aliphatic rings. The van der Waals surface area contributed by atoms with Gasteiger partial charge in [0.1, 0.15) is 11.6 Å². The zero-order valence-corrected chi connectivity index (χ0v) is 10.2. The van der Waals surface area contributed by atoms with Crippen molar-refractivity contribution < 1.29 is 14.3 Å². The molecule has 1 fully saturated rings. The summed E-state index contributed by atoms with van der Waals surface area (Å²) in [6, 6.07) is 6.88. The second-order valence-electron chi connectivity index (χ2n) is 4.20. The summed E-state index contributed by atoms with van der Waals surface area (Å²) in [6.07, 6.45) is 0.196. The van der Waals surface area contributed by atoms with Gasteiger partial charge in [0, 0.05) is 10.0 Å². The molecule has 0 heterocycles. The highest BCUT2D eigenvalue weighted by atomic mass is 79.9. The van der Waals surface area contributed by atoms with Crippen LogP contribution < -0.4 is 0 Å². The fraction of sp³-hybridized carbons (Fsp3) is 0.417. The average Bonchev–Trinajstić information content (AvgIpc) is 2.15. The average molecular weight is 287 g/mol. The van der Waals surface area contributed by atoms with Crippen LogP contribution >= 0.6 is 15.9 Å². The van der Waals surface area contributed by atoms with Gasteiger partial charge >= 0.3 is 5.97 Å². The molecule has 0 aromatic heterocycles. The second-order valence-corrected chi connectivity index (χ2v) is 5.05. The van der Waals surface area contributed by atoms with Gasteiger partial charge in [0.15, 0.2) is 0 Å². The van der Waals surface area contributed by atoms with E-state index >= 15 is 0 Å².